The molecule has 0 spiro atoms. The van der Waals surface area contributed by atoms with E-state index in [0.717, 1.165) is 6.42 Å². The average molecular weight is 327 g/mol. The van der Waals surface area contributed by atoms with Crippen molar-refractivity contribution in [3.8, 4) is 0 Å². The molecule has 3 atom stereocenters. The topological polar surface area (TPSA) is 46.2 Å². The zero-order chi connectivity index (χ0) is 12.3. The number of nitrogens with two attached hydrogens (primary N) is 1. The first-order valence-corrected chi connectivity index (χ1v) is 6.15. The monoisotopic (exact) mass is 325 g/mol. The van der Waals surface area contributed by atoms with Crippen LogP contribution >= 0.6 is 28.3 Å². The Morgan fingerprint density at radius 1 is 1.47 bits per heavy atom. The Morgan fingerprint density at radius 2 is 2.06 bits per heavy atom. The molecule has 0 fully saturated rings. The molecule has 0 aliphatic rings. The molecule has 0 saturated heterocycles. The first kappa shape index (κ1) is 16.8. The van der Waals surface area contributed by atoms with E-state index in [1.807, 2.05) is 13.8 Å². The fraction of sp³-hybridized carbons (Fsp3) is 0.500. The molecule has 17 heavy (non-hydrogen) atoms. The summed E-state index contributed by atoms with van der Waals surface area (Å²) < 4.78 is 13.7. The van der Waals surface area contributed by atoms with Crippen molar-refractivity contribution in [3.63, 3.8) is 0 Å². The average Bonchev–Trinajstić information content (AvgIpc) is 2.29. The van der Waals surface area contributed by atoms with Gasteiger partial charge in [-0.15, -0.1) is 12.4 Å². The summed E-state index contributed by atoms with van der Waals surface area (Å²) in [6, 6.07) is 4.15. The highest BCUT2D eigenvalue weighted by molar-refractivity contribution is 9.10. The van der Waals surface area contributed by atoms with Crippen LogP contribution in [0.15, 0.2) is 22.7 Å². The number of rotatable bonds is 4. The maximum Gasteiger partial charge on any atom is 0.137 e. The van der Waals surface area contributed by atoms with Crippen molar-refractivity contribution in [1.29, 1.82) is 0 Å². The molecule has 98 valence electrons. The summed E-state index contributed by atoms with van der Waals surface area (Å²) in [5.74, 6) is -0.258. The van der Waals surface area contributed by atoms with Crippen LogP contribution in [0.2, 0.25) is 0 Å². The molecule has 0 amide bonds. The van der Waals surface area contributed by atoms with Crippen LogP contribution in [0.4, 0.5) is 4.39 Å². The summed E-state index contributed by atoms with van der Waals surface area (Å²) in [5, 5.41) is 9.94. The molecule has 0 bridgehead atoms. The van der Waals surface area contributed by atoms with Crippen molar-refractivity contribution in [2.75, 3.05) is 0 Å². The zero-order valence-electron chi connectivity index (χ0n) is 9.86. The number of aliphatic hydroxyl groups is 1. The van der Waals surface area contributed by atoms with E-state index < -0.39 is 12.1 Å². The van der Waals surface area contributed by atoms with Gasteiger partial charge in [0.1, 0.15) is 5.82 Å². The fourth-order valence-electron chi connectivity index (χ4n) is 1.51. The molecule has 0 aromatic heterocycles. The fourth-order valence-corrected chi connectivity index (χ4v) is 1.76. The number of hydrogen-bond acceptors (Lipinski definition) is 2. The molecule has 0 radical (unpaired) electrons. The lowest BCUT2D eigenvalue weighted by molar-refractivity contribution is 0.0879. The molecule has 0 saturated carbocycles. The number of aliphatic hydroxyl groups excluding tert-OH is 1. The second-order valence-electron chi connectivity index (χ2n) is 4.08. The minimum atomic E-state index is -0.648. The molecule has 1 rings (SSSR count). The summed E-state index contributed by atoms with van der Waals surface area (Å²) in [6.07, 6.45) is 0.194. The molecule has 2 nitrogen and oxygen atoms in total. The molecular formula is C12H18BrClFNO. The van der Waals surface area contributed by atoms with Crippen LogP contribution in [0.1, 0.15) is 31.9 Å². The molecule has 1 aromatic carbocycles. The van der Waals surface area contributed by atoms with Crippen LogP contribution in [0, 0.1) is 11.7 Å². The minimum Gasteiger partial charge on any atom is -0.391 e. The van der Waals surface area contributed by atoms with E-state index >= 15 is 0 Å². The maximum absolute atomic E-state index is 13.3. The van der Waals surface area contributed by atoms with Crippen molar-refractivity contribution >= 4 is 28.3 Å². The highest BCUT2D eigenvalue weighted by Crippen LogP contribution is 2.24. The molecule has 3 N–H and O–H groups in total. The van der Waals surface area contributed by atoms with Gasteiger partial charge in [-0.05, 0) is 39.5 Å². The van der Waals surface area contributed by atoms with E-state index in [2.05, 4.69) is 15.9 Å². The van der Waals surface area contributed by atoms with Crippen LogP contribution in [-0.4, -0.2) is 11.2 Å². The normalized spacial score (nSPS) is 15.9. The summed E-state index contributed by atoms with van der Waals surface area (Å²) >= 11 is 3.08. The third-order valence-electron chi connectivity index (χ3n) is 2.92. The highest BCUT2D eigenvalue weighted by Gasteiger charge is 2.22. The van der Waals surface area contributed by atoms with Gasteiger partial charge in [0.15, 0.2) is 0 Å². The summed E-state index contributed by atoms with van der Waals surface area (Å²) in [4.78, 5) is 0. The molecule has 5 heteroatoms. The van der Waals surface area contributed by atoms with Gasteiger partial charge in [-0.2, -0.15) is 0 Å². The second-order valence-corrected chi connectivity index (χ2v) is 4.93. The Morgan fingerprint density at radius 3 is 2.53 bits per heavy atom. The van der Waals surface area contributed by atoms with E-state index in [-0.39, 0.29) is 24.1 Å². The van der Waals surface area contributed by atoms with Crippen LogP contribution in [-0.2, 0) is 0 Å². The summed E-state index contributed by atoms with van der Waals surface area (Å²) in [6.45, 7) is 3.92. The van der Waals surface area contributed by atoms with E-state index in [1.165, 1.54) is 6.07 Å². The van der Waals surface area contributed by atoms with Gasteiger partial charge in [-0.1, -0.05) is 26.3 Å². The van der Waals surface area contributed by atoms with Crippen molar-refractivity contribution < 1.29 is 9.50 Å². The quantitative estimate of drug-likeness (QED) is 0.890. The number of hydrogen-bond donors (Lipinski definition) is 2. The van der Waals surface area contributed by atoms with Crippen molar-refractivity contribution in [2.45, 2.75) is 32.4 Å². The van der Waals surface area contributed by atoms with Crippen LogP contribution < -0.4 is 5.73 Å². The molecular weight excluding hydrogens is 308 g/mol. The minimum absolute atomic E-state index is 0. The SMILES string of the molecule is CCC(C)[C@H](O)[C@H](N)c1ccc(Br)c(F)c1.Cl. The van der Waals surface area contributed by atoms with E-state index in [0.29, 0.717) is 10.0 Å². The third-order valence-corrected chi connectivity index (χ3v) is 3.57. The molecule has 1 unspecified atom stereocenters. The Hall–Kier alpha value is -0.160. The van der Waals surface area contributed by atoms with Gasteiger partial charge in [-0.3, -0.25) is 0 Å². The smallest absolute Gasteiger partial charge is 0.137 e. The van der Waals surface area contributed by atoms with Gasteiger partial charge in [0.25, 0.3) is 0 Å². The summed E-state index contributed by atoms with van der Waals surface area (Å²) in [7, 11) is 0. The summed E-state index contributed by atoms with van der Waals surface area (Å²) in [5.41, 5.74) is 6.52. The molecule has 0 aliphatic heterocycles. The zero-order valence-corrected chi connectivity index (χ0v) is 12.3. The van der Waals surface area contributed by atoms with Gasteiger partial charge in [-0.25, -0.2) is 4.39 Å². The Labute approximate surface area is 116 Å². The first-order chi connectivity index (χ1) is 7.47. The Balaban J connectivity index is 0.00000256. The lowest BCUT2D eigenvalue weighted by Crippen LogP contribution is -2.31. The van der Waals surface area contributed by atoms with Gasteiger partial charge in [0.2, 0.25) is 0 Å². The van der Waals surface area contributed by atoms with Gasteiger partial charge < -0.3 is 10.8 Å². The lowest BCUT2D eigenvalue weighted by atomic mass is 9.92. The van der Waals surface area contributed by atoms with Gasteiger partial charge in [0.05, 0.1) is 16.6 Å². The van der Waals surface area contributed by atoms with E-state index in [9.17, 15) is 9.50 Å². The molecule has 1 aromatic rings. The van der Waals surface area contributed by atoms with Crippen molar-refractivity contribution in [2.24, 2.45) is 11.7 Å². The Bertz CT molecular complexity index is 364. The second kappa shape index (κ2) is 7.31. The van der Waals surface area contributed by atoms with E-state index in [1.54, 1.807) is 12.1 Å². The van der Waals surface area contributed by atoms with Crippen LogP contribution in [0.25, 0.3) is 0 Å². The van der Waals surface area contributed by atoms with Crippen molar-refractivity contribution in [3.05, 3.63) is 34.1 Å². The standard InChI is InChI=1S/C12H17BrFNO.ClH/c1-3-7(2)12(16)11(15)8-4-5-9(13)10(14)6-8;/h4-7,11-12,16H,3,15H2,1-2H3;1H/t7?,11-,12+;/m1./s1. The van der Waals surface area contributed by atoms with E-state index in [4.69, 9.17) is 5.73 Å². The van der Waals surface area contributed by atoms with Gasteiger partial charge >= 0.3 is 0 Å². The lowest BCUT2D eigenvalue weighted by Gasteiger charge is -2.24. The Kier molecular flexibility index (Phi) is 7.24. The molecule has 0 heterocycles. The molecule has 0 aliphatic carbocycles. The van der Waals surface area contributed by atoms with Gasteiger partial charge in [0, 0.05) is 0 Å². The largest absolute Gasteiger partial charge is 0.391 e. The maximum atomic E-state index is 13.3. The van der Waals surface area contributed by atoms with Crippen molar-refractivity contribution in [1.82, 2.24) is 0 Å². The third kappa shape index (κ3) is 4.21. The van der Waals surface area contributed by atoms with Crippen LogP contribution in [0.5, 0.6) is 0 Å². The number of halogens is 3. The first-order valence-electron chi connectivity index (χ1n) is 5.36. The predicted octanol–water partition coefficient (Wildman–Crippen LogP) is 3.42. The van der Waals surface area contributed by atoms with Crippen LogP contribution in [0.3, 0.4) is 0 Å². The highest BCUT2D eigenvalue weighted by atomic mass is 79.9. The number of benzene rings is 1. The predicted molar refractivity (Wildman–Crippen MR) is 73.7 cm³/mol.